The van der Waals surface area contributed by atoms with Crippen LogP contribution in [0, 0.1) is 17.0 Å². The van der Waals surface area contributed by atoms with Gasteiger partial charge in [-0.2, -0.15) is 0 Å². The van der Waals surface area contributed by atoms with E-state index in [2.05, 4.69) is 0 Å². The monoisotopic (exact) mass is 280 g/mol. The van der Waals surface area contributed by atoms with E-state index in [0.717, 1.165) is 5.56 Å². The molecular formula is C14H20N2O4. The highest BCUT2D eigenvalue weighted by Gasteiger charge is 2.19. The van der Waals surface area contributed by atoms with Gasteiger partial charge in [0.1, 0.15) is 0 Å². The van der Waals surface area contributed by atoms with Crippen molar-refractivity contribution in [2.75, 3.05) is 6.54 Å². The van der Waals surface area contributed by atoms with E-state index in [9.17, 15) is 14.9 Å². The van der Waals surface area contributed by atoms with Gasteiger partial charge < -0.3 is 5.11 Å². The van der Waals surface area contributed by atoms with E-state index in [1.807, 2.05) is 24.8 Å². The van der Waals surface area contributed by atoms with E-state index in [1.54, 1.807) is 13.0 Å². The highest BCUT2D eigenvalue weighted by atomic mass is 16.6. The molecule has 0 spiro atoms. The van der Waals surface area contributed by atoms with Gasteiger partial charge in [0.05, 0.1) is 11.3 Å². The molecule has 1 unspecified atom stereocenters. The van der Waals surface area contributed by atoms with Gasteiger partial charge in [0.15, 0.2) is 0 Å². The largest absolute Gasteiger partial charge is 0.481 e. The lowest BCUT2D eigenvalue weighted by Crippen LogP contribution is -2.34. The third-order valence-electron chi connectivity index (χ3n) is 3.49. The topological polar surface area (TPSA) is 83.7 Å². The molecular weight excluding hydrogens is 260 g/mol. The second kappa shape index (κ2) is 7.00. The third-order valence-corrected chi connectivity index (χ3v) is 3.49. The van der Waals surface area contributed by atoms with Crippen LogP contribution in [0.5, 0.6) is 0 Å². The first-order valence-electron chi connectivity index (χ1n) is 6.55. The van der Waals surface area contributed by atoms with Crippen molar-refractivity contribution in [2.45, 2.75) is 39.8 Å². The molecule has 0 aliphatic heterocycles. The lowest BCUT2D eigenvalue weighted by Gasteiger charge is -2.27. The maximum atomic E-state index is 10.9. The molecule has 1 rings (SSSR count). The number of benzene rings is 1. The van der Waals surface area contributed by atoms with Crippen molar-refractivity contribution in [3.63, 3.8) is 0 Å². The third kappa shape index (κ3) is 4.03. The van der Waals surface area contributed by atoms with Crippen LogP contribution in [0.15, 0.2) is 18.2 Å². The van der Waals surface area contributed by atoms with Gasteiger partial charge >= 0.3 is 5.97 Å². The number of nitrogens with zero attached hydrogens (tertiary/aromatic N) is 2. The number of rotatable bonds is 7. The Labute approximate surface area is 118 Å². The van der Waals surface area contributed by atoms with Crippen molar-refractivity contribution in [1.29, 1.82) is 0 Å². The molecule has 6 heteroatoms. The number of hydrogen-bond acceptors (Lipinski definition) is 4. The van der Waals surface area contributed by atoms with Crippen molar-refractivity contribution in [3.05, 3.63) is 39.4 Å². The van der Waals surface area contributed by atoms with E-state index in [-0.39, 0.29) is 18.2 Å². The van der Waals surface area contributed by atoms with Crippen molar-refractivity contribution >= 4 is 11.7 Å². The molecule has 20 heavy (non-hydrogen) atoms. The Bertz CT molecular complexity index is 502. The molecule has 1 aromatic rings. The minimum Gasteiger partial charge on any atom is -0.481 e. The average molecular weight is 280 g/mol. The minimum absolute atomic E-state index is 0.0574. The van der Waals surface area contributed by atoms with Gasteiger partial charge in [-0.05, 0) is 26.0 Å². The Balaban J connectivity index is 2.93. The molecule has 0 amide bonds. The lowest BCUT2D eigenvalue weighted by molar-refractivity contribution is -0.385. The Morgan fingerprint density at radius 3 is 2.65 bits per heavy atom. The fourth-order valence-electron chi connectivity index (χ4n) is 2.22. The van der Waals surface area contributed by atoms with Crippen LogP contribution in [0.1, 0.15) is 31.4 Å². The Hall–Kier alpha value is -1.95. The second-order valence-electron chi connectivity index (χ2n) is 4.83. The van der Waals surface area contributed by atoms with E-state index in [0.29, 0.717) is 18.7 Å². The van der Waals surface area contributed by atoms with Gasteiger partial charge in [0.25, 0.3) is 5.69 Å². The summed E-state index contributed by atoms with van der Waals surface area (Å²) in [4.78, 5) is 23.3. The van der Waals surface area contributed by atoms with Crippen molar-refractivity contribution in [2.24, 2.45) is 0 Å². The van der Waals surface area contributed by atoms with Crippen molar-refractivity contribution < 1.29 is 14.8 Å². The van der Waals surface area contributed by atoms with Gasteiger partial charge in [0.2, 0.25) is 0 Å². The molecule has 1 atom stereocenters. The number of aliphatic carboxylic acids is 1. The van der Waals surface area contributed by atoms with Gasteiger partial charge in [-0.25, -0.2) is 0 Å². The maximum Gasteiger partial charge on any atom is 0.304 e. The summed E-state index contributed by atoms with van der Waals surface area (Å²) in [6.45, 7) is 6.73. The van der Waals surface area contributed by atoms with E-state index in [1.165, 1.54) is 6.07 Å². The summed E-state index contributed by atoms with van der Waals surface area (Å²) < 4.78 is 0. The molecule has 0 heterocycles. The minimum atomic E-state index is -0.841. The summed E-state index contributed by atoms with van der Waals surface area (Å²) in [5, 5.41) is 19.8. The van der Waals surface area contributed by atoms with E-state index in [4.69, 9.17) is 5.11 Å². The summed E-state index contributed by atoms with van der Waals surface area (Å²) >= 11 is 0. The predicted octanol–water partition coefficient (Wildman–Crippen LogP) is 2.59. The first-order valence-corrected chi connectivity index (χ1v) is 6.55. The number of nitro benzene ring substituents is 1. The summed E-state index contributed by atoms with van der Waals surface area (Å²) in [5.41, 5.74) is 1.60. The Kier molecular flexibility index (Phi) is 5.64. The zero-order chi connectivity index (χ0) is 15.3. The molecule has 0 aliphatic rings. The zero-order valence-corrected chi connectivity index (χ0v) is 12.0. The van der Waals surface area contributed by atoms with Crippen molar-refractivity contribution in [3.8, 4) is 0 Å². The van der Waals surface area contributed by atoms with E-state index >= 15 is 0 Å². The average Bonchev–Trinajstić information content (AvgIpc) is 2.36. The predicted molar refractivity (Wildman–Crippen MR) is 75.6 cm³/mol. The van der Waals surface area contributed by atoms with Crippen LogP contribution in [0.25, 0.3) is 0 Å². The molecule has 0 bridgehead atoms. The fourth-order valence-corrected chi connectivity index (χ4v) is 2.22. The SMILES string of the molecule is CCN(Cc1cccc([N+](=O)[O-])c1C)C(C)CC(=O)O. The first-order chi connectivity index (χ1) is 9.36. The van der Waals surface area contributed by atoms with Crippen LogP contribution in [0.4, 0.5) is 5.69 Å². The summed E-state index contributed by atoms with van der Waals surface area (Å²) in [7, 11) is 0. The molecule has 110 valence electrons. The molecule has 0 saturated carbocycles. The van der Waals surface area contributed by atoms with Gasteiger partial charge in [-0.1, -0.05) is 19.1 Å². The summed E-state index contributed by atoms with van der Waals surface area (Å²) in [6, 6.07) is 4.88. The van der Waals surface area contributed by atoms with Crippen LogP contribution in [-0.2, 0) is 11.3 Å². The zero-order valence-electron chi connectivity index (χ0n) is 12.0. The normalized spacial score (nSPS) is 12.4. The first kappa shape index (κ1) is 16.1. The van der Waals surface area contributed by atoms with Crippen LogP contribution in [-0.4, -0.2) is 33.5 Å². The van der Waals surface area contributed by atoms with E-state index < -0.39 is 10.9 Å². The van der Waals surface area contributed by atoms with Gasteiger partial charge in [-0.3, -0.25) is 19.8 Å². The van der Waals surface area contributed by atoms with Crippen molar-refractivity contribution in [1.82, 2.24) is 4.90 Å². The highest BCUT2D eigenvalue weighted by molar-refractivity contribution is 5.67. The number of nitro groups is 1. The van der Waals surface area contributed by atoms with Crippen LogP contribution >= 0.6 is 0 Å². The lowest BCUT2D eigenvalue weighted by atomic mass is 10.1. The van der Waals surface area contributed by atoms with Crippen LogP contribution in [0.3, 0.4) is 0 Å². The number of carboxylic acids is 1. The molecule has 1 aromatic carbocycles. The van der Waals surface area contributed by atoms with Crippen LogP contribution in [0.2, 0.25) is 0 Å². The molecule has 0 saturated heterocycles. The fraction of sp³-hybridized carbons (Fsp3) is 0.500. The van der Waals surface area contributed by atoms with Crippen LogP contribution < -0.4 is 0 Å². The number of hydrogen-bond donors (Lipinski definition) is 1. The van der Waals surface area contributed by atoms with Gasteiger partial charge in [0, 0.05) is 24.2 Å². The standard InChI is InChI=1S/C14H20N2O4/c1-4-15(10(2)8-14(17)18)9-12-6-5-7-13(11(12)3)16(19)20/h5-7,10H,4,8-9H2,1-3H3,(H,17,18). The Morgan fingerprint density at radius 1 is 1.50 bits per heavy atom. The quantitative estimate of drug-likeness (QED) is 0.613. The summed E-state index contributed by atoms with van der Waals surface area (Å²) in [5.74, 6) is -0.841. The second-order valence-corrected chi connectivity index (χ2v) is 4.83. The Morgan fingerprint density at radius 2 is 2.15 bits per heavy atom. The molecule has 0 aliphatic carbocycles. The number of carboxylic acid groups (broad SMARTS) is 1. The molecule has 0 fully saturated rings. The highest BCUT2D eigenvalue weighted by Crippen LogP contribution is 2.23. The molecule has 6 nitrogen and oxygen atoms in total. The molecule has 0 aromatic heterocycles. The van der Waals surface area contributed by atoms with Gasteiger partial charge in [-0.15, -0.1) is 0 Å². The number of carbonyl (C=O) groups is 1. The molecule has 0 radical (unpaired) electrons. The smallest absolute Gasteiger partial charge is 0.304 e. The molecule has 1 N–H and O–H groups in total. The maximum absolute atomic E-state index is 10.9. The summed E-state index contributed by atoms with van der Waals surface area (Å²) in [6.07, 6.45) is 0.0574.